The molecule has 9 heteroatoms. The molecule has 0 saturated carbocycles. The number of rotatable bonds is 3. The molecule has 1 atom stereocenters. The van der Waals surface area contributed by atoms with Crippen molar-refractivity contribution in [2.45, 2.75) is 18.3 Å². The number of benzene rings is 2. The van der Waals surface area contributed by atoms with Gasteiger partial charge in [-0.25, -0.2) is 4.39 Å². The van der Waals surface area contributed by atoms with Gasteiger partial charge in [0.1, 0.15) is 11.6 Å². The summed E-state index contributed by atoms with van der Waals surface area (Å²) in [4.78, 5) is 12.6. The van der Waals surface area contributed by atoms with E-state index in [4.69, 9.17) is 4.74 Å². The molecule has 0 aliphatic carbocycles. The summed E-state index contributed by atoms with van der Waals surface area (Å²) >= 11 is 0. The maximum atomic E-state index is 13.5. The van der Waals surface area contributed by atoms with Crippen LogP contribution in [-0.4, -0.2) is 40.7 Å². The van der Waals surface area contributed by atoms with Crippen molar-refractivity contribution in [3.05, 3.63) is 65.5 Å². The minimum Gasteiger partial charge on any atom is -0.497 e. The topological polar surface area (TPSA) is 62.1 Å². The molecular weight excluding hydrogens is 368 g/mol. The fourth-order valence-corrected chi connectivity index (χ4v) is 2.64. The number of hydrogen-bond acceptors (Lipinski definition) is 4. The van der Waals surface area contributed by atoms with Crippen molar-refractivity contribution in [3.63, 3.8) is 0 Å². The second-order valence-corrected chi connectivity index (χ2v) is 5.89. The number of methoxy groups -OCH3 is 1. The molecule has 0 radical (unpaired) electrons. The summed E-state index contributed by atoms with van der Waals surface area (Å²) in [5.41, 5.74) is -3.63. The molecule has 2 aromatic carbocycles. The molecule has 1 aliphatic heterocycles. The average molecular weight is 382 g/mol. The number of nitrogens with zero attached hydrogens (tertiary/aromatic N) is 2. The summed E-state index contributed by atoms with van der Waals surface area (Å²) in [6, 6.07) is 9.91. The average Bonchev–Trinajstić information content (AvgIpc) is 3.00. The van der Waals surface area contributed by atoms with E-state index in [1.165, 1.54) is 43.5 Å². The molecule has 1 amide bonds. The second-order valence-electron chi connectivity index (χ2n) is 5.89. The van der Waals surface area contributed by atoms with Crippen LogP contribution in [0.25, 0.3) is 0 Å². The van der Waals surface area contributed by atoms with Gasteiger partial charge in [0.2, 0.25) is 0 Å². The molecule has 0 fully saturated rings. The van der Waals surface area contributed by atoms with E-state index in [0.717, 1.165) is 12.1 Å². The molecule has 142 valence electrons. The van der Waals surface area contributed by atoms with Crippen molar-refractivity contribution in [1.29, 1.82) is 0 Å². The Balaban J connectivity index is 2.01. The standard InChI is InChI=1S/C18H14F4N2O3/c1-27-14-8-4-12(5-9-14)16(25)24-17(26,18(20,21)22)10-15(23-24)11-2-6-13(19)7-3-11/h2-9,26H,10H2,1H3/t17-/m1/s1. The highest BCUT2D eigenvalue weighted by molar-refractivity contribution is 6.05. The van der Waals surface area contributed by atoms with Gasteiger partial charge in [-0.05, 0) is 42.0 Å². The smallest absolute Gasteiger partial charge is 0.438 e. The molecule has 0 bridgehead atoms. The van der Waals surface area contributed by atoms with Crippen molar-refractivity contribution >= 4 is 11.6 Å². The largest absolute Gasteiger partial charge is 0.497 e. The second kappa shape index (κ2) is 6.66. The van der Waals surface area contributed by atoms with Gasteiger partial charge in [-0.1, -0.05) is 12.1 Å². The zero-order valence-corrected chi connectivity index (χ0v) is 14.0. The fraction of sp³-hybridized carbons (Fsp3) is 0.222. The van der Waals surface area contributed by atoms with Gasteiger partial charge in [0.25, 0.3) is 11.6 Å². The number of amides is 1. The van der Waals surface area contributed by atoms with E-state index in [1.807, 2.05) is 0 Å². The van der Waals surface area contributed by atoms with Crippen LogP contribution in [-0.2, 0) is 0 Å². The van der Waals surface area contributed by atoms with Crippen molar-refractivity contribution in [1.82, 2.24) is 5.01 Å². The van der Waals surface area contributed by atoms with Gasteiger partial charge in [0.05, 0.1) is 19.2 Å². The minimum absolute atomic E-state index is 0.0213. The predicted octanol–water partition coefficient (Wildman–Crippen LogP) is 3.34. The molecular formula is C18H14F4N2O3. The molecule has 1 heterocycles. The van der Waals surface area contributed by atoms with Crippen LogP contribution in [0, 0.1) is 5.82 Å². The number of carbonyl (C=O) groups is 1. The van der Waals surface area contributed by atoms with Crippen LogP contribution in [0.15, 0.2) is 53.6 Å². The van der Waals surface area contributed by atoms with E-state index in [2.05, 4.69) is 5.10 Å². The van der Waals surface area contributed by atoms with Crippen LogP contribution in [0.1, 0.15) is 22.3 Å². The van der Waals surface area contributed by atoms with Crippen LogP contribution in [0.3, 0.4) is 0 Å². The Morgan fingerprint density at radius 1 is 1.15 bits per heavy atom. The third kappa shape index (κ3) is 3.37. The molecule has 1 aliphatic rings. The van der Waals surface area contributed by atoms with E-state index >= 15 is 0 Å². The third-order valence-corrected chi connectivity index (χ3v) is 4.15. The van der Waals surface area contributed by atoms with Crippen LogP contribution in [0.4, 0.5) is 17.6 Å². The zero-order valence-electron chi connectivity index (χ0n) is 14.0. The molecule has 3 rings (SSSR count). The Morgan fingerprint density at radius 3 is 2.26 bits per heavy atom. The van der Waals surface area contributed by atoms with Gasteiger partial charge in [0, 0.05) is 5.56 Å². The maximum absolute atomic E-state index is 13.5. The predicted molar refractivity (Wildman–Crippen MR) is 87.7 cm³/mol. The molecule has 1 N–H and O–H groups in total. The number of alkyl halides is 3. The van der Waals surface area contributed by atoms with Crippen LogP contribution in [0.5, 0.6) is 5.75 Å². The highest BCUT2D eigenvalue weighted by Crippen LogP contribution is 2.42. The molecule has 5 nitrogen and oxygen atoms in total. The Hall–Kier alpha value is -2.94. The summed E-state index contributed by atoms with van der Waals surface area (Å²) in [6.07, 6.45) is -6.12. The number of hydrazone groups is 1. The zero-order chi connectivity index (χ0) is 19.8. The summed E-state index contributed by atoms with van der Waals surface area (Å²) in [5.74, 6) is -1.29. The SMILES string of the molecule is COc1ccc(C(=O)N2N=C(c3ccc(F)cc3)C[C@@]2(O)C(F)(F)F)cc1. The summed E-state index contributed by atoms with van der Waals surface area (Å²) < 4.78 is 58.6. The first-order valence-corrected chi connectivity index (χ1v) is 7.77. The Labute approximate surface area is 151 Å². The van der Waals surface area contributed by atoms with Crippen LogP contribution < -0.4 is 4.74 Å². The van der Waals surface area contributed by atoms with Crippen molar-refractivity contribution in [3.8, 4) is 5.75 Å². The Morgan fingerprint density at radius 2 is 1.74 bits per heavy atom. The molecule has 0 aromatic heterocycles. The number of carbonyl (C=O) groups excluding carboxylic acids is 1. The van der Waals surface area contributed by atoms with E-state index in [9.17, 15) is 27.5 Å². The van der Waals surface area contributed by atoms with Gasteiger partial charge in [-0.3, -0.25) is 4.79 Å². The quantitative estimate of drug-likeness (QED) is 0.829. The lowest BCUT2D eigenvalue weighted by Gasteiger charge is -2.32. The van der Waals surface area contributed by atoms with Gasteiger partial charge >= 0.3 is 6.18 Å². The van der Waals surface area contributed by atoms with Crippen molar-refractivity contribution in [2.24, 2.45) is 5.10 Å². The lowest BCUT2D eigenvalue weighted by molar-refractivity contribution is -0.297. The normalized spacial score (nSPS) is 19.8. The first-order chi connectivity index (χ1) is 12.7. The number of ether oxygens (including phenoxy) is 1. The number of aliphatic hydroxyl groups is 1. The molecule has 2 aromatic rings. The van der Waals surface area contributed by atoms with Gasteiger partial charge in [-0.15, -0.1) is 0 Å². The van der Waals surface area contributed by atoms with Gasteiger partial charge in [-0.2, -0.15) is 23.3 Å². The Kier molecular flexibility index (Phi) is 4.64. The van der Waals surface area contributed by atoms with E-state index < -0.39 is 30.0 Å². The van der Waals surface area contributed by atoms with Gasteiger partial charge < -0.3 is 9.84 Å². The van der Waals surface area contributed by atoms with Crippen LogP contribution >= 0.6 is 0 Å². The fourth-order valence-electron chi connectivity index (χ4n) is 2.64. The van der Waals surface area contributed by atoms with Crippen LogP contribution in [0.2, 0.25) is 0 Å². The monoisotopic (exact) mass is 382 g/mol. The van der Waals surface area contributed by atoms with E-state index in [1.54, 1.807) is 0 Å². The van der Waals surface area contributed by atoms with Gasteiger partial charge in [0.15, 0.2) is 0 Å². The molecule has 0 unspecified atom stereocenters. The van der Waals surface area contributed by atoms with E-state index in [-0.39, 0.29) is 21.8 Å². The number of halogens is 4. The lowest BCUT2D eigenvalue weighted by atomic mass is 10.0. The summed E-state index contributed by atoms with van der Waals surface area (Å²) in [6.45, 7) is 0. The highest BCUT2D eigenvalue weighted by Gasteiger charge is 2.63. The maximum Gasteiger partial charge on any atom is 0.438 e. The first kappa shape index (κ1) is 18.8. The molecule has 0 spiro atoms. The van der Waals surface area contributed by atoms with Crippen molar-refractivity contribution in [2.75, 3.05) is 7.11 Å². The van der Waals surface area contributed by atoms with E-state index in [0.29, 0.717) is 5.75 Å². The highest BCUT2D eigenvalue weighted by atomic mass is 19.4. The summed E-state index contributed by atoms with van der Waals surface area (Å²) in [7, 11) is 1.40. The lowest BCUT2D eigenvalue weighted by Crippen LogP contribution is -2.56. The summed E-state index contributed by atoms with van der Waals surface area (Å²) in [5, 5.41) is 14.0. The number of hydrogen-bond donors (Lipinski definition) is 1. The molecule has 27 heavy (non-hydrogen) atoms. The van der Waals surface area contributed by atoms with Crippen molar-refractivity contribution < 1.29 is 32.2 Å². The molecule has 0 saturated heterocycles. The Bertz CT molecular complexity index is 879. The minimum atomic E-state index is -5.15. The third-order valence-electron chi connectivity index (χ3n) is 4.15. The first-order valence-electron chi connectivity index (χ1n) is 7.77.